The Hall–Kier alpha value is -1.52. The van der Waals surface area contributed by atoms with Gasteiger partial charge >= 0.3 is 5.97 Å². The molecule has 2 atom stereocenters. The Bertz CT molecular complexity index is 481. The van der Waals surface area contributed by atoms with Crippen LogP contribution >= 0.6 is 0 Å². The van der Waals surface area contributed by atoms with Gasteiger partial charge in [0.25, 0.3) is 0 Å². The van der Waals surface area contributed by atoms with Crippen LogP contribution in [0, 0.1) is 11.8 Å². The van der Waals surface area contributed by atoms with Gasteiger partial charge in [0.1, 0.15) is 0 Å². The van der Waals surface area contributed by atoms with Crippen LogP contribution in [0.3, 0.4) is 0 Å². The van der Waals surface area contributed by atoms with E-state index in [9.17, 15) is 9.90 Å². The zero-order chi connectivity index (χ0) is 13.5. The molecule has 0 aliphatic heterocycles. The van der Waals surface area contributed by atoms with Gasteiger partial charge in [-0.2, -0.15) is 5.10 Å². The number of methoxy groups -OCH3 is 1. The van der Waals surface area contributed by atoms with E-state index in [1.807, 2.05) is 0 Å². The minimum Gasteiger partial charge on any atom is -0.493 e. The van der Waals surface area contributed by atoms with Gasteiger partial charge < -0.3 is 9.84 Å². The summed E-state index contributed by atoms with van der Waals surface area (Å²) >= 11 is 0. The van der Waals surface area contributed by atoms with Gasteiger partial charge in [-0.15, -0.1) is 0 Å². The fourth-order valence-electron chi connectivity index (χ4n) is 3.41. The number of aliphatic carboxylic acids is 1. The van der Waals surface area contributed by atoms with Crippen LogP contribution in [0.15, 0.2) is 12.4 Å². The molecule has 2 aliphatic rings. The monoisotopic (exact) mass is 264 g/mol. The van der Waals surface area contributed by atoms with Crippen molar-refractivity contribution >= 4 is 5.97 Å². The average Bonchev–Trinajstić information content (AvgIpc) is 3.16. The Balaban J connectivity index is 1.91. The summed E-state index contributed by atoms with van der Waals surface area (Å²) in [5.41, 5.74) is -0.873. The molecule has 2 saturated carbocycles. The topological polar surface area (TPSA) is 64.4 Å². The first kappa shape index (κ1) is 12.5. The molecule has 1 heterocycles. The minimum atomic E-state index is -0.873. The van der Waals surface area contributed by atoms with Crippen molar-refractivity contribution in [2.24, 2.45) is 11.8 Å². The van der Waals surface area contributed by atoms with Crippen molar-refractivity contribution in [1.29, 1.82) is 0 Å². The molecule has 1 aromatic heterocycles. The van der Waals surface area contributed by atoms with Crippen molar-refractivity contribution in [1.82, 2.24) is 9.78 Å². The molecule has 1 aromatic rings. The number of nitrogens with zero attached hydrogens (tertiary/aromatic N) is 2. The molecule has 0 aromatic carbocycles. The summed E-state index contributed by atoms with van der Waals surface area (Å²) in [6, 6.07) is 0. The summed E-state index contributed by atoms with van der Waals surface area (Å²) in [4.78, 5) is 11.9. The van der Waals surface area contributed by atoms with Crippen LogP contribution in [-0.4, -0.2) is 28.0 Å². The zero-order valence-corrected chi connectivity index (χ0v) is 11.2. The van der Waals surface area contributed by atoms with Gasteiger partial charge in [-0.3, -0.25) is 4.68 Å². The van der Waals surface area contributed by atoms with Crippen LogP contribution in [0.5, 0.6) is 5.75 Å². The first-order valence-corrected chi connectivity index (χ1v) is 6.98. The van der Waals surface area contributed by atoms with E-state index in [-0.39, 0.29) is 0 Å². The summed E-state index contributed by atoms with van der Waals surface area (Å²) < 4.78 is 6.73. The number of carboxylic acids is 1. The molecule has 5 nitrogen and oxygen atoms in total. The molecule has 0 amide bonds. The van der Waals surface area contributed by atoms with Gasteiger partial charge in [0, 0.05) is 0 Å². The van der Waals surface area contributed by atoms with Gasteiger partial charge in [-0.25, -0.2) is 4.79 Å². The normalized spacial score (nSPS) is 31.1. The maximum atomic E-state index is 11.9. The molecule has 0 radical (unpaired) electrons. The molecule has 3 rings (SSSR count). The van der Waals surface area contributed by atoms with Gasteiger partial charge in [0.05, 0.1) is 19.5 Å². The lowest BCUT2D eigenvalue weighted by molar-refractivity contribution is -0.151. The summed E-state index contributed by atoms with van der Waals surface area (Å²) in [6.07, 6.45) is 9.34. The van der Waals surface area contributed by atoms with Crippen molar-refractivity contribution < 1.29 is 14.6 Å². The Morgan fingerprint density at radius 3 is 2.84 bits per heavy atom. The molecular weight excluding hydrogens is 244 g/mol. The lowest BCUT2D eigenvalue weighted by atomic mass is 9.74. The second-order valence-electron chi connectivity index (χ2n) is 5.86. The third kappa shape index (κ3) is 2.11. The van der Waals surface area contributed by atoms with E-state index in [2.05, 4.69) is 5.10 Å². The summed E-state index contributed by atoms with van der Waals surface area (Å²) in [7, 11) is 1.57. The molecule has 2 aliphatic carbocycles. The smallest absolute Gasteiger partial charge is 0.331 e. The van der Waals surface area contributed by atoms with Crippen molar-refractivity contribution in [2.45, 2.75) is 44.1 Å². The van der Waals surface area contributed by atoms with E-state index >= 15 is 0 Å². The minimum absolute atomic E-state index is 0.542. The number of hydrogen-bond donors (Lipinski definition) is 1. The van der Waals surface area contributed by atoms with E-state index in [1.165, 1.54) is 12.8 Å². The first-order chi connectivity index (χ1) is 9.15. The molecule has 0 bridgehead atoms. The van der Waals surface area contributed by atoms with Crippen LogP contribution in [0.4, 0.5) is 0 Å². The van der Waals surface area contributed by atoms with E-state index in [4.69, 9.17) is 4.74 Å². The number of hydrogen-bond acceptors (Lipinski definition) is 3. The highest BCUT2D eigenvalue weighted by molar-refractivity contribution is 5.76. The average molecular weight is 264 g/mol. The van der Waals surface area contributed by atoms with Crippen LogP contribution in [0.25, 0.3) is 0 Å². The van der Waals surface area contributed by atoms with Gasteiger partial charge in [-0.1, -0.05) is 6.42 Å². The Labute approximate surface area is 112 Å². The van der Waals surface area contributed by atoms with E-state index < -0.39 is 11.5 Å². The molecule has 19 heavy (non-hydrogen) atoms. The number of carbonyl (C=O) groups is 1. The van der Waals surface area contributed by atoms with Crippen LogP contribution in [-0.2, 0) is 10.3 Å². The lowest BCUT2D eigenvalue weighted by Crippen LogP contribution is -2.46. The molecule has 0 spiro atoms. The van der Waals surface area contributed by atoms with Crippen molar-refractivity contribution in [3.63, 3.8) is 0 Å². The van der Waals surface area contributed by atoms with E-state index in [1.54, 1.807) is 24.2 Å². The molecule has 104 valence electrons. The third-order valence-electron chi connectivity index (χ3n) is 4.69. The molecule has 2 unspecified atom stereocenters. The SMILES string of the molecule is COc1cnn(C2(C(=O)O)CCCC(C3CC3)C2)c1. The molecule has 1 N–H and O–H groups in total. The predicted molar refractivity (Wildman–Crippen MR) is 69.1 cm³/mol. The Kier molecular flexibility index (Phi) is 2.99. The van der Waals surface area contributed by atoms with E-state index in [0.29, 0.717) is 24.5 Å². The maximum Gasteiger partial charge on any atom is 0.331 e. The first-order valence-electron chi connectivity index (χ1n) is 6.98. The van der Waals surface area contributed by atoms with E-state index in [0.717, 1.165) is 18.8 Å². The standard InChI is InChI=1S/C14H20N2O3/c1-19-12-8-15-16(9-12)14(13(17)18)6-2-3-11(7-14)10-4-5-10/h8-11H,2-7H2,1H3,(H,17,18). The maximum absolute atomic E-state index is 11.9. The third-order valence-corrected chi connectivity index (χ3v) is 4.69. The summed E-state index contributed by atoms with van der Waals surface area (Å²) in [5, 5.41) is 14.0. The summed E-state index contributed by atoms with van der Waals surface area (Å²) in [5.74, 6) is 1.15. The number of carboxylic acid groups (broad SMARTS) is 1. The second-order valence-corrected chi connectivity index (χ2v) is 5.86. The highest BCUT2D eigenvalue weighted by Gasteiger charge is 2.48. The van der Waals surface area contributed by atoms with Crippen molar-refractivity contribution in [2.75, 3.05) is 7.11 Å². The molecule has 5 heteroatoms. The highest BCUT2D eigenvalue weighted by Crippen LogP contribution is 2.48. The van der Waals surface area contributed by atoms with Gasteiger partial charge in [-0.05, 0) is 43.9 Å². The van der Waals surface area contributed by atoms with Gasteiger partial charge in [0.15, 0.2) is 11.3 Å². The molecule has 0 saturated heterocycles. The fourth-order valence-corrected chi connectivity index (χ4v) is 3.41. The quantitative estimate of drug-likeness (QED) is 0.906. The predicted octanol–water partition coefficient (Wildman–Crippen LogP) is 2.27. The van der Waals surface area contributed by atoms with Crippen LogP contribution in [0.2, 0.25) is 0 Å². The number of ether oxygens (including phenoxy) is 1. The number of aromatic nitrogens is 2. The number of rotatable bonds is 4. The van der Waals surface area contributed by atoms with Crippen LogP contribution < -0.4 is 4.74 Å². The van der Waals surface area contributed by atoms with Crippen LogP contribution in [0.1, 0.15) is 38.5 Å². The van der Waals surface area contributed by atoms with Crippen molar-refractivity contribution in [3.05, 3.63) is 12.4 Å². The molecule has 2 fully saturated rings. The Morgan fingerprint density at radius 1 is 1.47 bits per heavy atom. The largest absolute Gasteiger partial charge is 0.493 e. The highest BCUT2D eigenvalue weighted by atomic mass is 16.5. The second kappa shape index (κ2) is 4.54. The van der Waals surface area contributed by atoms with Crippen molar-refractivity contribution in [3.8, 4) is 5.75 Å². The fraction of sp³-hybridized carbons (Fsp3) is 0.714. The molecular formula is C14H20N2O3. The Morgan fingerprint density at radius 2 is 2.26 bits per heavy atom. The van der Waals surface area contributed by atoms with Gasteiger partial charge in [0.2, 0.25) is 0 Å². The summed E-state index contributed by atoms with van der Waals surface area (Å²) in [6.45, 7) is 0. The lowest BCUT2D eigenvalue weighted by Gasteiger charge is -2.37. The zero-order valence-electron chi connectivity index (χ0n) is 11.2.